The van der Waals surface area contributed by atoms with Gasteiger partial charge in [-0.1, -0.05) is 6.92 Å². The van der Waals surface area contributed by atoms with Gasteiger partial charge in [0, 0.05) is 6.04 Å². The van der Waals surface area contributed by atoms with Crippen molar-refractivity contribution in [3.8, 4) is 0 Å². The molecule has 1 atom stereocenters. The average Bonchev–Trinajstić information content (AvgIpc) is 2.76. The van der Waals surface area contributed by atoms with Gasteiger partial charge in [0.25, 0.3) is 5.91 Å². The zero-order chi connectivity index (χ0) is 13.7. The zero-order valence-corrected chi connectivity index (χ0v) is 9.58. The van der Waals surface area contributed by atoms with Crippen LogP contribution >= 0.6 is 0 Å². The predicted octanol–water partition coefficient (Wildman–Crippen LogP) is 1.17. The number of carboxylic acid groups (broad SMARTS) is 1. The van der Waals surface area contributed by atoms with Crippen molar-refractivity contribution in [2.75, 3.05) is 0 Å². The van der Waals surface area contributed by atoms with Crippen molar-refractivity contribution in [2.24, 2.45) is 0 Å². The third kappa shape index (κ3) is 3.58. The highest BCUT2D eigenvalue weighted by Gasteiger charge is 2.20. The standard InChI is InChI=1S/C10H12N2O6/c1-2-6(5-9(13)14)11-10(15)7-3-4-8(18-7)12(16)17/h3-4,6H,2,5H2,1H3,(H,11,15)(H,13,14). The molecule has 0 bridgehead atoms. The SMILES string of the molecule is CCC(CC(=O)O)NC(=O)c1ccc([N+](=O)[O-])o1. The summed E-state index contributed by atoms with van der Waals surface area (Å²) in [7, 11) is 0. The third-order valence-corrected chi connectivity index (χ3v) is 2.24. The molecule has 1 aromatic rings. The van der Waals surface area contributed by atoms with Gasteiger partial charge in [-0.3, -0.25) is 19.7 Å². The molecule has 0 radical (unpaired) electrons. The van der Waals surface area contributed by atoms with Crippen LogP contribution in [0.15, 0.2) is 16.5 Å². The second-order valence-corrected chi connectivity index (χ2v) is 3.57. The number of nitro groups is 1. The van der Waals surface area contributed by atoms with Gasteiger partial charge < -0.3 is 14.8 Å². The Morgan fingerprint density at radius 1 is 1.56 bits per heavy atom. The van der Waals surface area contributed by atoms with E-state index in [9.17, 15) is 19.7 Å². The first-order valence-electron chi connectivity index (χ1n) is 5.21. The molecular formula is C10H12N2O6. The highest BCUT2D eigenvalue weighted by atomic mass is 16.6. The molecule has 1 aromatic heterocycles. The van der Waals surface area contributed by atoms with E-state index in [4.69, 9.17) is 9.52 Å². The van der Waals surface area contributed by atoms with Gasteiger partial charge in [0.1, 0.15) is 4.92 Å². The maximum atomic E-state index is 11.6. The number of hydrogen-bond acceptors (Lipinski definition) is 5. The van der Waals surface area contributed by atoms with Crippen LogP contribution in [0.5, 0.6) is 0 Å². The second kappa shape index (κ2) is 5.80. The first-order valence-corrected chi connectivity index (χ1v) is 5.21. The van der Waals surface area contributed by atoms with E-state index in [1.54, 1.807) is 6.92 Å². The van der Waals surface area contributed by atoms with Gasteiger partial charge in [-0.05, 0) is 12.5 Å². The van der Waals surface area contributed by atoms with E-state index >= 15 is 0 Å². The van der Waals surface area contributed by atoms with E-state index in [-0.39, 0.29) is 12.2 Å². The summed E-state index contributed by atoms with van der Waals surface area (Å²) >= 11 is 0. The van der Waals surface area contributed by atoms with E-state index in [1.165, 1.54) is 6.07 Å². The van der Waals surface area contributed by atoms with E-state index in [2.05, 4.69) is 5.32 Å². The largest absolute Gasteiger partial charge is 0.481 e. The summed E-state index contributed by atoms with van der Waals surface area (Å²) in [6.07, 6.45) is 0.214. The van der Waals surface area contributed by atoms with Gasteiger partial charge in [-0.25, -0.2) is 0 Å². The fraction of sp³-hybridized carbons (Fsp3) is 0.400. The molecule has 98 valence electrons. The number of carbonyl (C=O) groups is 2. The van der Waals surface area contributed by atoms with Crippen molar-refractivity contribution in [3.63, 3.8) is 0 Å². The van der Waals surface area contributed by atoms with Crippen LogP contribution in [0.4, 0.5) is 5.88 Å². The summed E-state index contributed by atoms with van der Waals surface area (Å²) < 4.78 is 4.70. The molecule has 0 spiro atoms. The summed E-state index contributed by atoms with van der Waals surface area (Å²) in [6.45, 7) is 1.72. The quantitative estimate of drug-likeness (QED) is 0.581. The monoisotopic (exact) mass is 256 g/mol. The highest BCUT2D eigenvalue weighted by molar-refractivity contribution is 5.92. The molecule has 0 aliphatic rings. The lowest BCUT2D eigenvalue weighted by atomic mass is 10.1. The summed E-state index contributed by atoms with van der Waals surface area (Å²) in [6, 6.07) is 1.69. The number of hydrogen-bond donors (Lipinski definition) is 2. The fourth-order valence-electron chi connectivity index (χ4n) is 1.31. The lowest BCUT2D eigenvalue weighted by molar-refractivity contribution is -0.402. The van der Waals surface area contributed by atoms with Crippen LogP contribution in [-0.4, -0.2) is 27.9 Å². The molecule has 0 aliphatic carbocycles. The van der Waals surface area contributed by atoms with Crippen molar-refractivity contribution in [2.45, 2.75) is 25.8 Å². The molecule has 8 nitrogen and oxygen atoms in total. The molecule has 8 heteroatoms. The summed E-state index contributed by atoms with van der Waals surface area (Å²) in [5.74, 6) is -2.46. The molecule has 18 heavy (non-hydrogen) atoms. The van der Waals surface area contributed by atoms with Crippen molar-refractivity contribution in [1.82, 2.24) is 5.32 Å². The number of rotatable bonds is 6. The Kier molecular flexibility index (Phi) is 4.41. The van der Waals surface area contributed by atoms with Crippen LogP contribution in [0.2, 0.25) is 0 Å². The Morgan fingerprint density at radius 2 is 2.22 bits per heavy atom. The first kappa shape index (κ1) is 13.7. The van der Waals surface area contributed by atoms with Gasteiger partial charge in [0.05, 0.1) is 12.5 Å². The molecular weight excluding hydrogens is 244 g/mol. The minimum Gasteiger partial charge on any atom is -0.481 e. The van der Waals surface area contributed by atoms with Crippen LogP contribution in [0.3, 0.4) is 0 Å². The van der Waals surface area contributed by atoms with Crippen LogP contribution in [0.1, 0.15) is 30.3 Å². The Bertz CT molecular complexity index is 467. The maximum Gasteiger partial charge on any atom is 0.433 e. The molecule has 0 fully saturated rings. The van der Waals surface area contributed by atoms with Gasteiger partial charge >= 0.3 is 11.9 Å². The number of aliphatic carboxylic acids is 1. The lowest BCUT2D eigenvalue weighted by Gasteiger charge is -2.13. The zero-order valence-electron chi connectivity index (χ0n) is 9.58. The second-order valence-electron chi connectivity index (χ2n) is 3.57. The highest BCUT2D eigenvalue weighted by Crippen LogP contribution is 2.15. The van der Waals surface area contributed by atoms with Crippen LogP contribution < -0.4 is 5.32 Å². The Hall–Kier alpha value is -2.38. The third-order valence-electron chi connectivity index (χ3n) is 2.24. The summed E-state index contributed by atoms with van der Waals surface area (Å²) in [5.41, 5.74) is 0. The van der Waals surface area contributed by atoms with Crippen LogP contribution in [-0.2, 0) is 4.79 Å². The van der Waals surface area contributed by atoms with Crippen LogP contribution in [0, 0.1) is 10.1 Å². The normalized spacial score (nSPS) is 11.8. The molecule has 1 amide bonds. The summed E-state index contributed by atoms with van der Waals surface area (Å²) in [4.78, 5) is 31.7. The lowest BCUT2D eigenvalue weighted by Crippen LogP contribution is -2.35. The number of carbonyl (C=O) groups excluding carboxylic acids is 1. The Balaban J connectivity index is 2.68. The molecule has 0 saturated carbocycles. The fourth-order valence-corrected chi connectivity index (χ4v) is 1.31. The number of nitrogens with one attached hydrogen (secondary N) is 1. The van der Waals surface area contributed by atoms with Crippen molar-refractivity contribution in [1.29, 1.82) is 0 Å². The van der Waals surface area contributed by atoms with Crippen LogP contribution in [0.25, 0.3) is 0 Å². The van der Waals surface area contributed by atoms with E-state index in [0.717, 1.165) is 6.07 Å². The van der Waals surface area contributed by atoms with Gasteiger partial charge in [-0.2, -0.15) is 0 Å². The van der Waals surface area contributed by atoms with E-state index in [1.807, 2.05) is 0 Å². The minimum absolute atomic E-state index is 0.217. The molecule has 1 unspecified atom stereocenters. The van der Waals surface area contributed by atoms with Gasteiger partial charge in [-0.15, -0.1) is 0 Å². The number of amides is 1. The molecule has 0 aliphatic heterocycles. The maximum absolute atomic E-state index is 11.6. The van der Waals surface area contributed by atoms with Gasteiger partial charge in [0.15, 0.2) is 5.76 Å². The van der Waals surface area contributed by atoms with Crippen molar-refractivity contribution >= 4 is 17.8 Å². The average molecular weight is 256 g/mol. The van der Waals surface area contributed by atoms with Crippen molar-refractivity contribution in [3.05, 3.63) is 28.0 Å². The van der Waals surface area contributed by atoms with E-state index < -0.39 is 28.7 Å². The molecule has 1 heterocycles. The molecule has 2 N–H and O–H groups in total. The Morgan fingerprint density at radius 3 is 2.67 bits per heavy atom. The number of nitrogens with zero attached hydrogens (tertiary/aromatic N) is 1. The molecule has 0 saturated heterocycles. The molecule has 1 rings (SSSR count). The topological polar surface area (TPSA) is 123 Å². The van der Waals surface area contributed by atoms with E-state index in [0.29, 0.717) is 6.42 Å². The summed E-state index contributed by atoms with van der Waals surface area (Å²) in [5, 5.41) is 21.4. The number of carboxylic acids is 1. The number of furan rings is 1. The van der Waals surface area contributed by atoms with Gasteiger partial charge in [0.2, 0.25) is 0 Å². The first-order chi connectivity index (χ1) is 8.43. The molecule has 0 aromatic carbocycles. The van der Waals surface area contributed by atoms with Crippen molar-refractivity contribution < 1.29 is 24.0 Å². The smallest absolute Gasteiger partial charge is 0.433 e. The Labute approximate surface area is 102 Å². The minimum atomic E-state index is -1.03. The predicted molar refractivity (Wildman–Crippen MR) is 59.2 cm³/mol.